The third-order valence-electron chi connectivity index (χ3n) is 6.19. The number of amides is 2. The molecule has 1 aromatic rings. The highest BCUT2D eigenvalue weighted by atomic mass is 16.5. The molecule has 7 N–H and O–H groups in total. The number of hydrogen-bond acceptors (Lipinski definition) is 8. The second kappa shape index (κ2) is 24.3. The van der Waals surface area contributed by atoms with Crippen LogP contribution in [0.1, 0.15) is 93.8 Å². The molecule has 0 saturated heterocycles. The average Bonchev–Trinajstić information content (AvgIpc) is 2.97. The molecule has 1 rings (SSSR count). The normalized spacial score (nSPS) is 11.8. The molecule has 1 aromatic carbocycles. The lowest BCUT2D eigenvalue weighted by molar-refractivity contribution is -0.138. The van der Waals surface area contributed by atoms with Crippen LogP contribution >= 0.6 is 0 Å². The zero-order valence-electron chi connectivity index (χ0n) is 24.0. The van der Waals surface area contributed by atoms with E-state index in [1.807, 2.05) is 0 Å². The van der Waals surface area contributed by atoms with Gasteiger partial charge in [0.15, 0.2) is 0 Å². The summed E-state index contributed by atoms with van der Waals surface area (Å²) in [7, 11) is 1.00. The van der Waals surface area contributed by atoms with Crippen molar-refractivity contribution < 1.29 is 44.0 Å². The Hall–Kier alpha value is -3.51. The highest BCUT2D eigenvalue weighted by Gasteiger charge is 2.14. The van der Waals surface area contributed by atoms with Crippen molar-refractivity contribution in [3.63, 3.8) is 0 Å². The number of nitrogens with two attached hydrogens (primary N) is 1. The van der Waals surface area contributed by atoms with Crippen LogP contribution in [-0.4, -0.2) is 77.7 Å². The minimum Gasteiger partial charge on any atom is -0.494 e. The minimum absolute atomic E-state index is 0.111. The number of benzene rings is 1. The SMILES string of the molecule is CO.NC(CCCCNC(=O)CCC(C=O)NC(=O)CCCCCCCCCOc1ccc(C(=O)O)cc1)C(=O)O. The van der Waals surface area contributed by atoms with Crippen molar-refractivity contribution >= 4 is 30.0 Å². The summed E-state index contributed by atoms with van der Waals surface area (Å²) >= 11 is 0. The van der Waals surface area contributed by atoms with E-state index in [0.717, 1.165) is 52.1 Å². The molecule has 12 heteroatoms. The van der Waals surface area contributed by atoms with Gasteiger partial charge in [0.2, 0.25) is 11.8 Å². The fraction of sp³-hybridized carbons (Fsp3) is 0.621. The lowest BCUT2D eigenvalue weighted by Gasteiger charge is -2.13. The molecule has 0 radical (unpaired) electrons. The zero-order chi connectivity index (χ0) is 30.9. The largest absolute Gasteiger partial charge is 0.494 e. The smallest absolute Gasteiger partial charge is 0.335 e. The van der Waals surface area contributed by atoms with E-state index in [4.69, 9.17) is 25.8 Å². The van der Waals surface area contributed by atoms with Crippen LogP contribution in [0, 0.1) is 0 Å². The van der Waals surface area contributed by atoms with Crippen molar-refractivity contribution in [3.05, 3.63) is 29.8 Å². The number of aldehydes is 1. The number of aliphatic hydroxyl groups excluding tert-OH is 1. The number of rotatable bonds is 23. The van der Waals surface area contributed by atoms with E-state index in [9.17, 15) is 24.0 Å². The second-order valence-corrected chi connectivity index (χ2v) is 9.54. The third-order valence-corrected chi connectivity index (χ3v) is 6.19. The molecular formula is C29H47N3O9. The zero-order valence-corrected chi connectivity index (χ0v) is 24.0. The number of aliphatic hydroxyl groups is 1. The fourth-order valence-corrected chi connectivity index (χ4v) is 3.82. The van der Waals surface area contributed by atoms with E-state index in [-0.39, 0.29) is 30.2 Å². The highest BCUT2D eigenvalue weighted by Crippen LogP contribution is 2.14. The Balaban J connectivity index is 0.00000781. The molecule has 0 bridgehead atoms. The third kappa shape index (κ3) is 20.1. The quantitative estimate of drug-likeness (QED) is 0.0823. The standard InChI is InChI=1S/C28H43N3O8.CH4O/c29-24(28(37)38)10-7-8-18-30-25(33)17-14-22(20-32)31-26(34)11-6-4-2-1-3-5-9-19-39-23-15-12-21(13-16-23)27(35)36;1-2/h12-13,15-16,20,22,24H,1-11,14,17-19,29H2,(H,30,33)(H,31,34)(H,35,36)(H,37,38);2H,1H3. The van der Waals surface area contributed by atoms with Gasteiger partial charge in [-0.1, -0.05) is 32.1 Å². The van der Waals surface area contributed by atoms with Gasteiger partial charge in [-0.05, 0) is 62.8 Å². The molecule has 232 valence electrons. The summed E-state index contributed by atoms with van der Waals surface area (Å²) in [6.07, 6.45) is 9.61. The Morgan fingerprint density at radius 3 is 2.02 bits per heavy atom. The molecular weight excluding hydrogens is 534 g/mol. The number of unbranched alkanes of at least 4 members (excludes halogenated alkanes) is 7. The molecule has 0 aliphatic heterocycles. The number of hydrogen-bond donors (Lipinski definition) is 6. The van der Waals surface area contributed by atoms with Gasteiger partial charge < -0.3 is 41.2 Å². The van der Waals surface area contributed by atoms with E-state index < -0.39 is 24.0 Å². The van der Waals surface area contributed by atoms with Crippen molar-refractivity contribution in [3.8, 4) is 5.75 Å². The predicted octanol–water partition coefficient (Wildman–Crippen LogP) is 2.66. The Labute approximate surface area is 242 Å². The summed E-state index contributed by atoms with van der Waals surface area (Å²) in [5, 5.41) is 30.0. The topological polar surface area (TPSA) is 205 Å². The molecule has 2 unspecified atom stereocenters. The molecule has 41 heavy (non-hydrogen) atoms. The number of aliphatic carboxylic acids is 1. The highest BCUT2D eigenvalue weighted by molar-refractivity contribution is 5.87. The van der Waals surface area contributed by atoms with E-state index in [0.29, 0.717) is 50.9 Å². The van der Waals surface area contributed by atoms with E-state index >= 15 is 0 Å². The minimum atomic E-state index is -1.04. The lowest BCUT2D eigenvalue weighted by Crippen LogP contribution is -2.37. The number of carbonyl (C=O) groups is 5. The average molecular weight is 582 g/mol. The van der Waals surface area contributed by atoms with Crippen LogP contribution in [0.5, 0.6) is 5.75 Å². The first-order valence-electron chi connectivity index (χ1n) is 14.1. The van der Waals surface area contributed by atoms with Crippen molar-refractivity contribution in [2.45, 2.75) is 95.6 Å². The van der Waals surface area contributed by atoms with E-state index in [1.54, 1.807) is 12.1 Å². The Morgan fingerprint density at radius 1 is 0.829 bits per heavy atom. The molecule has 0 aromatic heterocycles. The first kappa shape index (κ1) is 37.5. The molecule has 0 spiro atoms. The fourth-order valence-electron chi connectivity index (χ4n) is 3.82. The molecule has 2 amide bonds. The monoisotopic (exact) mass is 581 g/mol. The number of ether oxygens (including phenoxy) is 1. The first-order chi connectivity index (χ1) is 19.7. The van der Waals surface area contributed by atoms with E-state index in [1.165, 1.54) is 12.1 Å². The maximum absolute atomic E-state index is 12.1. The summed E-state index contributed by atoms with van der Waals surface area (Å²) in [4.78, 5) is 56.8. The maximum atomic E-state index is 12.1. The van der Waals surface area contributed by atoms with Crippen LogP contribution in [-0.2, 0) is 19.2 Å². The van der Waals surface area contributed by atoms with Gasteiger partial charge in [0.1, 0.15) is 18.1 Å². The maximum Gasteiger partial charge on any atom is 0.335 e. The van der Waals surface area contributed by atoms with Gasteiger partial charge in [-0.15, -0.1) is 0 Å². The molecule has 0 saturated carbocycles. The summed E-state index contributed by atoms with van der Waals surface area (Å²) in [6.45, 7) is 0.984. The van der Waals surface area contributed by atoms with Crippen molar-refractivity contribution in [2.75, 3.05) is 20.3 Å². The van der Waals surface area contributed by atoms with Gasteiger partial charge in [0.25, 0.3) is 0 Å². The number of carboxylic acid groups (broad SMARTS) is 2. The van der Waals surface area contributed by atoms with Crippen LogP contribution in [0.2, 0.25) is 0 Å². The Morgan fingerprint density at radius 2 is 1.44 bits per heavy atom. The summed E-state index contributed by atoms with van der Waals surface area (Å²) < 4.78 is 5.62. The molecule has 2 atom stereocenters. The second-order valence-electron chi connectivity index (χ2n) is 9.54. The molecule has 0 fully saturated rings. The van der Waals surface area contributed by atoms with Crippen LogP contribution in [0.15, 0.2) is 24.3 Å². The van der Waals surface area contributed by atoms with Crippen molar-refractivity contribution in [2.24, 2.45) is 5.73 Å². The predicted molar refractivity (Wildman–Crippen MR) is 154 cm³/mol. The lowest BCUT2D eigenvalue weighted by atomic mass is 10.1. The van der Waals surface area contributed by atoms with Crippen molar-refractivity contribution in [1.82, 2.24) is 10.6 Å². The van der Waals surface area contributed by atoms with Gasteiger partial charge >= 0.3 is 11.9 Å². The van der Waals surface area contributed by atoms with Crippen molar-refractivity contribution in [1.29, 1.82) is 0 Å². The van der Waals surface area contributed by atoms with Crippen LogP contribution in [0.3, 0.4) is 0 Å². The first-order valence-corrected chi connectivity index (χ1v) is 14.1. The Kier molecular flexibility index (Phi) is 22.2. The Bertz CT molecular complexity index is 894. The number of carboxylic acids is 2. The summed E-state index contributed by atoms with van der Waals surface area (Å²) in [5.74, 6) is -1.76. The van der Waals surface area contributed by atoms with Gasteiger partial charge in [-0.2, -0.15) is 0 Å². The molecule has 0 aliphatic carbocycles. The number of aromatic carboxylic acids is 1. The van der Waals surface area contributed by atoms with E-state index in [2.05, 4.69) is 10.6 Å². The van der Waals surface area contributed by atoms with Crippen LogP contribution in [0.4, 0.5) is 0 Å². The molecule has 0 aliphatic rings. The van der Waals surface area contributed by atoms with Gasteiger partial charge in [-0.25, -0.2) is 4.79 Å². The molecule has 12 nitrogen and oxygen atoms in total. The summed E-state index contributed by atoms with van der Waals surface area (Å²) in [6, 6.07) is 4.76. The van der Waals surface area contributed by atoms with Crippen LogP contribution in [0.25, 0.3) is 0 Å². The number of nitrogens with one attached hydrogen (secondary N) is 2. The van der Waals surface area contributed by atoms with Gasteiger partial charge in [0, 0.05) is 26.5 Å². The van der Waals surface area contributed by atoms with Gasteiger partial charge in [0.05, 0.1) is 18.2 Å². The van der Waals surface area contributed by atoms with Crippen LogP contribution < -0.4 is 21.1 Å². The molecule has 0 heterocycles. The summed E-state index contributed by atoms with van der Waals surface area (Å²) in [5.41, 5.74) is 5.65. The van der Waals surface area contributed by atoms with Gasteiger partial charge in [-0.3, -0.25) is 14.4 Å². The number of carbonyl (C=O) groups excluding carboxylic acids is 3.